The van der Waals surface area contributed by atoms with E-state index in [4.69, 9.17) is 14.2 Å². The van der Waals surface area contributed by atoms with Gasteiger partial charge in [0.1, 0.15) is 11.3 Å². The molecule has 0 radical (unpaired) electrons. The quantitative estimate of drug-likeness (QED) is 0.485. The van der Waals surface area contributed by atoms with Crippen molar-refractivity contribution in [3.63, 3.8) is 0 Å². The van der Waals surface area contributed by atoms with Crippen molar-refractivity contribution in [2.24, 2.45) is 0 Å². The van der Waals surface area contributed by atoms with Gasteiger partial charge in [-0.2, -0.15) is 0 Å². The van der Waals surface area contributed by atoms with E-state index in [9.17, 15) is 9.59 Å². The van der Waals surface area contributed by atoms with Crippen molar-refractivity contribution in [1.82, 2.24) is 0 Å². The lowest BCUT2D eigenvalue weighted by atomic mass is 10.1. The van der Waals surface area contributed by atoms with Crippen molar-refractivity contribution in [1.29, 1.82) is 0 Å². The van der Waals surface area contributed by atoms with E-state index in [1.54, 1.807) is 38.1 Å². The van der Waals surface area contributed by atoms with E-state index >= 15 is 0 Å². The Morgan fingerprint density at radius 1 is 1.00 bits per heavy atom. The van der Waals surface area contributed by atoms with Crippen molar-refractivity contribution in [2.45, 2.75) is 52.6 Å². The Morgan fingerprint density at radius 2 is 1.70 bits per heavy atom. The summed E-state index contributed by atoms with van der Waals surface area (Å²) >= 11 is 0. The first-order valence-corrected chi connectivity index (χ1v) is 8.23. The molecule has 1 rings (SSSR count). The Labute approximate surface area is 137 Å². The van der Waals surface area contributed by atoms with Crippen LogP contribution in [0.2, 0.25) is 0 Å². The molecule has 0 aromatic heterocycles. The Bertz CT molecular complexity index is 498. The minimum atomic E-state index is -0.711. The molecule has 5 heteroatoms. The Hall–Kier alpha value is -2.04. The summed E-state index contributed by atoms with van der Waals surface area (Å²) in [6.45, 7) is 6.17. The monoisotopic (exact) mass is 322 g/mol. The normalized spacial score (nSPS) is 11.6. The van der Waals surface area contributed by atoms with Crippen LogP contribution >= 0.6 is 0 Å². The molecule has 0 N–H and O–H groups in total. The second-order valence-electron chi connectivity index (χ2n) is 5.07. The number of unbranched alkanes of at least 4 members (excludes halogenated alkanes) is 2. The number of esters is 2. The maximum atomic E-state index is 12.1. The third kappa shape index (κ3) is 6.30. The summed E-state index contributed by atoms with van der Waals surface area (Å²) in [4.78, 5) is 24.1. The van der Waals surface area contributed by atoms with Crippen LogP contribution in [0.15, 0.2) is 24.3 Å². The molecule has 0 saturated heterocycles. The van der Waals surface area contributed by atoms with Gasteiger partial charge in [0.05, 0.1) is 13.2 Å². The van der Waals surface area contributed by atoms with Gasteiger partial charge in [-0.3, -0.25) is 0 Å². The Morgan fingerprint density at radius 3 is 2.35 bits per heavy atom. The molecule has 5 nitrogen and oxygen atoms in total. The van der Waals surface area contributed by atoms with Gasteiger partial charge in [-0.1, -0.05) is 31.9 Å². The predicted octanol–water partition coefficient (Wildman–Crippen LogP) is 3.75. The third-order valence-corrected chi connectivity index (χ3v) is 3.27. The fraction of sp³-hybridized carbons (Fsp3) is 0.556. The van der Waals surface area contributed by atoms with E-state index in [0.29, 0.717) is 24.3 Å². The molecule has 0 spiro atoms. The number of para-hydroxylation sites is 1. The summed E-state index contributed by atoms with van der Waals surface area (Å²) in [5.74, 6) is -0.512. The van der Waals surface area contributed by atoms with E-state index in [2.05, 4.69) is 6.92 Å². The van der Waals surface area contributed by atoms with Gasteiger partial charge in [-0.25, -0.2) is 9.59 Å². The number of carbonyl (C=O) groups excluding carboxylic acids is 2. The molecule has 0 amide bonds. The van der Waals surface area contributed by atoms with Crippen LogP contribution in [0.3, 0.4) is 0 Å². The highest BCUT2D eigenvalue weighted by atomic mass is 16.6. The Balaban J connectivity index is 2.89. The average Bonchev–Trinajstić information content (AvgIpc) is 2.55. The largest absolute Gasteiger partial charge is 0.478 e. The topological polar surface area (TPSA) is 61.8 Å². The van der Waals surface area contributed by atoms with Crippen LogP contribution in [0.5, 0.6) is 5.75 Å². The molecule has 0 aliphatic heterocycles. The summed E-state index contributed by atoms with van der Waals surface area (Å²) in [5, 5.41) is 0. The first-order chi connectivity index (χ1) is 11.1. The molecule has 23 heavy (non-hydrogen) atoms. The van der Waals surface area contributed by atoms with Gasteiger partial charge in [0.15, 0.2) is 6.10 Å². The standard InChI is InChI=1S/C18H26O5/c1-4-7-8-13-16(18(20)22-6-3)23-15-12-10-9-11-14(15)17(19)21-5-2/h9-12,16H,4-8,13H2,1-3H3. The van der Waals surface area contributed by atoms with Gasteiger partial charge in [0.2, 0.25) is 0 Å². The summed E-state index contributed by atoms with van der Waals surface area (Å²) in [5.41, 5.74) is 0.319. The van der Waals surface area contributed by atoms with E-state index in [1.807, 2.05) is 0 Å². The van der Waals surface area contributed by atoms with E-state index in [-0.39, 0.29) is 6.61 Å². The third-order valence-electron chi connectivity index (χ3n) is 3.27. The van der Waals surface area contributed by atoms with Crippen molar-refractivity contribution in [3.05, 3.63) is 29.8 Å². The SMILES string of the molecule is CCCCCC(Oc1ccccc1C(=O)OCC)C(=O)OCC. The second kappa shape index (κ2) is 10.6. The van der Waals surface area contributed by atoms with Crippen LogP contribution in [0.1, 0.15) is 56.8 Å². The average molecular weight is 322 g/mol. The first kappa shape index (κ1) is 19.0. The molecule has 1 unspecified atom stereocenters. The lowest BCUT2D eigenvalue weighted by molar-refractivity contribution is -0.151. The predicted molar refractivity (Wildman–Crippen MR) is 87.6 cm³/mol. The number of rotatable bonds is 10. The molecule has 1 atom stereocenters. The van der Waals surface area contributed by atoms with Crippen LogP contribution in [-0.2, 0) is 14.3 Å². The number of hydrogen-bond donors (Lipinski definition) is 0. The highest BCUT2D eigenvalue weighted by molar-refractivity contribution is 5.92. The summed E-state index contributed by atoms with van der Waals surface area (Å²) in [6, 6.07) is 6.78. The zero-order valence-electron chi connectivity index (χ0n) is 14.2. The number of hydrogen-bond acceptors (Lipinski definition) is 5. The molecule has 0 aliphatic rings. The van der Waals surface area contributed by atoms with Crippen LogP contribution in [0.4, 0.5) is 0 Å². The van der Waals surface area contributed by atoms with Gasteiger partial charge < -0.3 is 14.2 Å². The van der Waals surface area contributed by atoms with E-state index < -0.39 is 18.0 Å². The van der Waals surface area contributed by atoms with Gasteiger partial charge >= 0.3 is 11.9 Å². The lowest BCUT2D eigenvalue weighted by Crippen LogP contribution is -2.30. The molecular formula is C18H26O5. The molecule has 1 aromatic rings. The zero-order chi connectivity index (χ0) is 17.1. The molecule has 128 valence electrons. The molecule has 0 aliphatic carbocycles. The van der Waals surface area contributed by atoms with Gasteiger partial charge in [-0.15, -0.1) is 0 Å². The van der Waals surface area contributed by atoms with Gasteiger partial charge in [0.25, 0.3) is 0 Å². The van der Waals surface area contributed by atoms with Crippen LogP contribution in [0.25, 0.3) is 0 Å². The van der Waals surface area contributed by atoms with E-state index in [0.717, 1.165) is 19.3 Å². The van der Waals surface area contributed by atoms with Crippen LogP contribution < -0.4 is 4.74 Å². The van der Waals surface area contributed by atoms with Gasteiger partial charge in [0, 0.05) is 0 Å². The fourth-order valence-electron chi connectivity index (χ4n) is 2.14. The number of benzene rings is 1. The number of carbonyl (C=O) groups is 2. The summed E-state index contributed by atoms with van der Waals surface area (Å²) < 4.78 is 15.9. The minimum absolute atomic E-state index is 0.283. The zero-order valence-corrected chi connectivity index (χ0v) is 14.2. The first-order valence-electron chi connectivity index (χ1n) is 8.23. The molecular weight excluding hydrogens is 296 g/mol. The molecule has 1 aromatic carbocycles. The lowest BCUT2D eigenvalue weighted by Gasteiger charge is -2.19. The molecule has 0 fully saturated rings. The summed E-state index contributed by atoms with van der Waals surface area (Å²) in [7, 11) is 0. The van der Waals surface area contributed by atoms with Crippen molar-refractivity contribution < 1.29 is 23.8 Å². The fourth-order valence-corrected chi connectivity index (χ4v) is 2.14. The minimum Gasteiger partial charge on any atom is -0.478 e. The maximum absolute atomic E-state index is 12.1. The highest BCUT2D eigenvalue weighted by Crippen LogP contribution is 2.22. The molecule has 0 bridgehead atoms. The Kier molecular flexibility index (Phi) is 8.80. The van der Waals surface area contributed by atoms with Gasteiger partial charge in [-0.05, 0) is 38.8 Å². The van der Waals surface area contributed by atoms with Crippen molar-refractivity contribution >= 4 is 11.9 Å². The van der Waals surface area contributed by atoms with Crippen LogP contribution in [0, 0.1) is 0 Å². The molecule has 0 heterocycles. The van der Waals surface area contributed by atoms with Crippen molar-refractivity contribution in [3.8, 4) is 5.75 Å². The highest BCUT2D eigenvalue weighted by Gasteiger charge is 2.24. The smallest absolute Gasteiger partial charge is 0.347 e. The molecule has 0 saturated carbocycles. The second-order valence-corrected chi connectivity index (χ2v) is 5.07. The summed E-state index contributed by atoms with van der Waals surface area (Å²) in [6.07, 6.45) is 2.77. The van der Waals surface area contributed by atoms with Crippen LogP contribution in [-0.4, -0.2) is 31.3 Å². The number of ether oxygens (including phenoxy) is 3. The van der Waals surface area contributed by atoms with Crippen molar-refractivity contribution in [2.75, 3.05) is 13.2 Å². The van der Waals surface area contributed by atoms with E-state index in [1.165, 1.54) is 0 Å². The maximum Gasteiger partial charge on any atom is 0.347 e.